The molecule has 0 aliphatic heterocycles. The van der Waals surface area contributed by atoms with Crippen LogP contribution in [0.15, 0.2) is 131 Å². The van der Waals surface area contributed by atoms with E-state index in [1.807, 2.05) is 17.0 Å². The third-order valence-corrected chi connectivity index (χ3v) is 11.8. The quantitative estimate of drug-likeness (QED) is 0.0381. The highest BCUT2D eigenvalue weighted by Crippen LogP contribution is 2.41. The number of aromatic nitrogens is 1. The van der Waals surface area contributed by atoms with Crippen molar-refractivity contribution in [1.29, 1.82) is 10.5 Å². The number of halogens is 24. The maximum atomic E-state index is 14.2. The standard InChI is InChI=1S/C32H12BF24.C15H10N3OS/c34-25(35,36)13-1-14(26(37,38)39)6-21(5-13)33(22-7-15(27(40,41)42)2-16(8-22)28(43,44)45,23-9-17(29(46,47)48)3-18(10-23)30(49,50)51)24-11-19(31(52,53)54)4-20(12-24)32(55,56)57;16-8-13(9-17)14(10-18-6-7-20-11-18)15(19)12-4-2-1-3-5-12/h1-12H;1-7,11H,10H2/q-1;+1. The SMILES string of the molecule is FC(F)(F)c1cc([B-](c2cc(C(F)(F)F)cc(C(F)(F)F)c2)(c2cc(C(F)(F)F)cc(C(F)(F)F)c2)c2cc(C(F)(F)F)cc(C(F)(F)F)c2)cc(C(F)(F)F)c1.N#CC(C#N)=C(C[n+]1ccsc1)C(=O)c1ccccc1. The molecular weight excluding hydrogens is 1120 g/mol. The van der Waals surface area contributed by atoms with Crippen LogP contribution in [0.2, 0.25) is 0 Å². The Hall–Kier alpha value is -7.50. The van der Waals surface area contributed by atoms with Crippen molar-refractivity contribution in [3.05, 3.63) is 181 Å². The van der Waals surface area contributed by atoms with Crippen LogP contribution in [0.1, 0.15) is 54.9 Å². The molecule has 0 aliphatic rings. The first-order valence-corrected chi connectivity index (χ1v) is 21.4. The number of hydrogen-bond acceptors (Lipinski definition) is 4. The van der Waals surface area contributed by atoms with Crippen molar-refractivity contribution in [2.75, 3.05) is 0 Å². The van der Waals surface area contributed by atoms with Crippen molar-refractivity contribution in [3.8, 4) is 12.1 Å². The Bertz CT molecular complexity index is 2800. The smallest absolute Gasteiger partial charge is 0.289 e. The van der Waals surface area contributed by atoms with Gasteiger partial charge >= 0.3 is 49.4 Å². The van der Waals surface area contributed by atoms with E-state index in [0.29, 0.717) is 5.56 Å². The van der Waals surface area contributed by atoms with Gasteiger partial charge in [-0.1, -0.05) is 90.2 Å². The molecule has 0 N–H and O–H groups in total. The fraction of sp³-hybridized carbons (Fsp3) is 0.191. The maximum Gasteiger partial charge on any atom is 0.416 e. The van der Waals surface area contributed by atoms with Gasteiger partial charge in [-0.15, -0.1) is 0 Å². The summed E-state index contributed by atoms with van der Waals surface area (Å²) >= 11 is 1.48. The number of ketones is 1. The van der Waals surface area contributed by atoms with Gasteiger partial charge in [0, 0.05) is 5.56 Å². The third-order valence-electron chi connectivity index (χ3n) is 11.1. The summed E-state index contributed by atoms with van der Waals surface area (Å²) in [7, 11) is 0. The number of thiazole rings is 1. The predicted molar refractivity (Wildman–Crippen MR) is 224 cm³/mol. The molecule has 408 valence electrons. The number of hydrogen-bond donors (Lipinski definition) is 0. The summed E-state index contributed by atoms with van der Waals surface area (Å²) in [5.41, 5.74) is -27.8. The molecule has 0 radical (unpaired) electrons. The van der Waals surface area contributed by atoms with Crippen molar-refractivity contribution < 1.29 is 115 Å². The largest absolute Gasteiger partial charge is 0.416 e. The van der Waals surface area contributed by atoms with Crippen LogP contribution in [0, 0.1) is 22.7 Å². The molecule has 0 unspecified atom stereocenters. The van der Waals surface area contributed by atoms with Gasteiger partial charge in [0.1, 0.15) is 23.9 Å². The average molecular weight is 1140 g/mol. The Kier molecular flexibility index (Phi) is 16.6. The van der Waals surface area contributed by atoms with E-state index in [4.69, 9.17) is 10.5 Å². The summed E-state index contributed by atoms with van der Waals surface area (Å²) in [6.07, 6.45) is -53.0. The van der Waals surface area contributed by atoms with Crippen molar-refractivity contribution >= 4 is 45.1 Å². The molecule has 1 heterocycles. The van der Waals surface area contributed by atoms with Gasteiger partial charge in [-0.25, -0.2) is 0 Å². The number of carbonyl (C=O) groups is 1. The van der Waals surface area contributed by atoms with Crippen LogP contribution in [0.5, 0.6) is 0 Å². The van der Waals surface area contributed by atoms with Crippen LogP contribution in [0.3, 0.4) is 0 Å². The minimum Gasteiger partial charge on any atom is -0.289 e. The van der Waals surface area contributed by atoms with E-state index in [0.717, 1.165) is 0 Å². The predicted octanol–water partition coefficient (Wildman–Crippen LogP) is 13.5. The lowest BCUT2D eigenvalue weighted by atomic mass is 9.12. The lowest BCUT2D eigenvalue weighted by molar-refractivity contribution is -0.683. The van der Waals surface area contributed by atoms with Gasteiger partial charge in [-0.05, 0) is 24.3 Å². The number of rotatable bonds is 8. The van der Waals surface area contributed by atoms with Crippen molar-refractivity contribution in [2.45, 2.75) is 56.0 Å². The van der Waals surface area contributed by atoms with E-state index in [9.17, 15) is 110 Å². The molecule has 6 rings (SSSR count). The number of allylic oxidation sites excluding steroid dienone is 2. The van der Waals surface area contributed by atoms with E-state index in [1.54, 1.807) is 47.2 Å². The topological polar surface area (TPSA) is 68.5 Å². The van der Waals surface area contributed by atoms with Gasteiger partial charge in [0.25, 0.3) is 0 Å². The van der Waals surface area contributed by atoms with Gasteiger partial charge in [-0.3, -0.25) is 4.79 Å². The first-order valence-electron chi connectivity index (χ1n) is 20.4. The Labute approximate surface area is 419 Å². The van der Waals surface area contributed by atoms with E-state index in [2.05, 4.69) is 0 Å². The highest BCUT2D eigenvalue weighted by molar-refractivity contribution is 7.20. The number of Topliss-reactive ketones (excluding diaryl/α,β-unsaturated/α-hetero) is 1. The first-order chi connectivity index (χ1) is 35.0. The number of benzene rings is 5. The minimum absolute atomic E-state index is 0.141. The Morgan fingerprint density at radius 2 is 0.688 bits per heavy atom. The van der Waals surface area contributed by atoms with E-state index >= 15 is 0 Å². The van der Waals surface area contributed by atoms with Crippen LogP contribution in [-0.4, -0.2) is 11.9 Å². The Morgan fingerprint density at radius 3 is 0.896 bits per heavy atom. The molecule has 77 heavy (non-hydrogen) atoms. The number of nitriles is 2. The fourth-order valence-corrected chi connectivity index (χ4v) is 8.39. The molecule has 0 saturated heterocycles. The van der Waals surface area contributed by atoms with Crippen molar-refractivity contribution in [3.63, 3.8) is 0 Å². The second-order valence-corrected chi connectivity index (χ2v) is 16.9. The summed E-state index contributed by atoms with van der Waals surface area (Å²) in [6.45, 7) is 0.216. The third kappa shape index (κ3) is 13.9. The Morgan fingerprint density at radius 1 is 0.429 bits per heavy atom. The molecule has 30 heteroatoms. The van der Waals surface area contributed by atoms with E-state index in [-0.39, 0.29) is 23.5 Å². The fourth-order valence-electron chi connectivity index (χ4n) is 7.79. The second-order valence-electron chi connectivity index (χ2n) is 16.2. The molecule has 6 aromatic rings. The molecular formula is C47H22BF24N3OS. The molecule has 0 bridgehead atoms. The van der Waals surface area contributed by atoms with Gasteiger partial charge in [-0.2, -0.15) is 142 Å². The summed E-state index contributed by atoms with van der Waals surface area (Å²) in [5, 5.41) is 19.9. The molecule has 0 saturated carbocycles. The normalized spacial score (nSPS) is 13.0. The van der Waals surface area contributed by atoms with Crippen LogP contribution in [-0.2, 0) is 56.0 Å². The maximum absolute atomic E-state index is 14.2. The van der Waals surface area contributed by atoms with Gasteiger partial charge in [0.15, 0.2) is 18.5 Å². The molecule has 0 atom stereocenters. The number of carbonyl (C=O) groups excluding carboxylic acids is 1. The van der Waals surface area contributed by atoms with Gasteiger partial charge in [0.05, 0.1) is 55.5 Å². The average Bonchev–Trinajstić information content (AvgIpc) is 3.83. The van der Waals surface area contributed by atoms with E-state index < -0.39 is 195 Å². The monoisotopic (exact) mass is 1140 g/mol. The lowest BCUT2D eigenvalue weighted by Crippen LogP contribution is -2.75. The highest BCUT2D eigenvalue weighted by Gasteiger charge is 2.47. The summed E-state index contributed by atoms with van der Waals surface area (Å²) in [6, 6.07) is 3.45. The zero-order chi connectivity index (χ0) is 58.3. The molecule has 0 fully saturated rings. The number of nitrogens with zero attached hydrogens (tertiary/aromatic N) is 3. The summed E-state index contributed by atoms with van der Waals surface area (Å²) in [4.78, 5) is 12.5. The minimum atomic E-state index is -6.13. The highest BCUT2D eigenvalue weighted by atomic mass is 32.1. The van der Waals surface area contributed by atoms with Crippen LogP contribution in [0.25, 0.3) is 0 Å². The van der Waals surface area contributed by atoms with Crippen molar-refractivity contribution in [2.24, 2.45) is 0 Å². The zero-order valence-corrected chi connectivity index (χ0v) is 37.9. The number of alkyl halides is 24. The van der Waals surface area contributed by atoms with Crippen LogP contribution >= 0.6 is 11.3 Å². The molecule has 5 aromatic carbocycles. The van der Waals surface area contributed by atoms with E-state index in [1.165, 1.54) is 11.3 Å². The lowest BCUT2D eigenvalue weighted by Gasteiger charge is -2.46. The molecule has 0 spiro atoms. The van der Waals surface area contributed by atoms with Gasteiger partial charge in [0.2, 0.25) is 5.51 Å². The first kappa shape index (κ1) is 60.4. The molecule has 0 amide bonds. The molecule has 0 aliphatic carbocycles. The second kappa shape index (κ2) is 21.1. The summed E-state index contributed by atoms with van der Waals surface area (Å²) in [5.74, 6) is -0.289. The summed E-state index contributed by atoms with van der Waals surface area (Å²) < 4.78 is 343. The van der Waals surface area contributed by atoms with Crippen LogP contribution in [0.4, 0.5) is 105 Å². The molecule has 1 aromatic heterocycles. The van der Waals surface area contributed by atoms with Crippen LogP contribution < -0.4 is 26.4 Å². The zero-order valence-electron chi connectivity index (χ0n) is 37.1. The Balaban J connectivity index is 0.000000455. The molecule has 4 nitrogen and oxygen atoms in total. The van der Waals surface area contributed by atoms with Gasteiger partial charge < -0.3 is 0 Å². The van der Waals surface area contributed by atoms with Crippen molar-refractivity contribution in [1.82, 2.24) is 0 Å².